The lowest BCUT2D eigenvalue weighted by molar-refractivity contribution is 0.255. The average Bonchev–Trinajstić information content (AvgIpc) is 2.45. The Balaban J connectivity index is 1.89. The molecular formula is C15H11Cl3N2O. The van der Waals surface area contributed by atoms with Crippen molar-refractivity contribution < 1.29 is 4.79 Å². The van der Waals surface area contributed by atoms with E-state index in [0.717, 1.165) is 5.56 Å². The van der Waals surface area contributed by atoms with Gasteiger partial charge in [0.1, 0.15) is 0 Å². The van der Waals surface area contributed by atoms with E-state index >= 15 is 0 Å². The van der Waals surface area contributed by atoms with Gasteiger partial charge in [0, 0.05) is 16.9 Å². The standard InChI is InChI=1S/C15H11Cl3N2O/c16-11-2-4-12(5-3-11)20-15(21)19-8-7-10-1-6-13(17)14(18)9-10/h1-9H,(H2,19,20,21). The average molecular weight is 342 g/mol. The first-order chi connectivity index (χ1) is 10.0. The number of urea groups is 1. The summed E-state index contributed by atoms with van der Waals surface area (Å²) < 4.78 is 0. The largest absolute Gasteiger partial charge is 0.323 e. The molecule has 21 heavy (non-hydrogen) atoms. The van der Waals surface area contributed by atoms with Gasteiger partial charge in [0.05, 0.1) is 10.0 Å². The minimum Gasteiger partial charge on any atom is -0.314 e. The highest BCUT2D eigenvalue weighted by Gasteiger charge is 1.99. The molecule has 0 saturated carbocycles. The summed E-state index contributed by atoms with van der Waals surface area (Å²) in [6.45, 7) is 0. The van der Waals surface area contributed by atoms with Crippen molar-refractivity contribution in [3.05, 3.63) is 69.3 Å². The van der Waals surface area contributed by atoms with E-state index < -0.39 is 0 Å². The third kappa shape index (κ3) is 4.97. The monoisotopic (exact) mass is 340 g/mol. The Kier molecular flexibility index (Phi) is 5.51. The maximum Gasteiger partial charge on any atom is 0.323 e. The lowest BCUT2D eigenvalue weighted by Crippen LogP contribution is -2.23. The van der Waals surface area contributed by atoms with E-state index in [1.807, 2.05) is 0 Å². The van der Waals surface area contributed by atoms with Gasteiger partial charge in [-0.15, -0.1) is 0 Å². The first-order valence-corrected chi connectivity index (χ1v) is 7.13. The zero-order valence-electron chi connectivity index (χ0n) is 10.7. The molecule has 0 saturated heterocycles. The van der Waals surface area contributed by atoms with Gasteiger partial charge in [-0.2, -0.15) is 0 Å². The van der Waals surface area contributed by atoms with Gasteiger partial charge < -0.3 is 10.6 Å². The molecular weight excluding hydrogens is 331 g/mol. The molecule has 0 aliphatic rings. The normalized spacial score (nSPS) is 10.6. The maximum atomic E-state index is 11.7. The molecule has 3 nitrogen and oxygen atoms in total. The Morgan fingerprint density at radius 1 is 0.952 bits per heavy atom. The Hall–Kier alpha value is -1.68. The number of carbonyl (C=O) groups excluding carboxylic acids is 1. The number of carbonyl (C=O) groups is 1. The lowest BCUT2D eigenvalue weighted by atomic mass is 10.2. The number of hydrogen-bond acceptors (Lipinski definition) is 1. The van der Waals surface area contributed by atoms with Crippen LogP contribution in [0.3, 0.4) is 0 Å². The second-order valence-electron chi connectivity index (χ2n) is 4.11. The quantitative estimate of drug-likeness (QED) is 0.767. The molecule has 0 aliphatic heterocycles. The molecule has 0 fully saturated rings. The fourth-order valence-corrected chi connectivity index (χ4v) is 1.96. The van der Waals surface area contributed by atoms with Crippen LogP contribution in [0.5, 0.6) is 0 Å². The smallest absolute Gasteiger partial charge is 0.314 e. The maximum absolute atomic E-state index is 11.7. The Labute approximate surface area is 137 Å². The van der Waals surface area contributed by atoms with Gasteiger partial charge in [0.2, 0.25) is 0 Å². The van der Waals surface area contributed by atoms with E-state index in [1.165, 1.54) is 6.20 Å². The van der Waals surface area contributed by atoms with Crippen LogP contribution in [0.25, 0.3) is 6.08 Å². The van der Waals surface area contributed by atoms with E-state index in [-0.39, 0.29) is 6.03 Å². The first-order valence-electron chi connectivity index (χ1n) is 5.99. The third-order valence-corrected chi connectivity index (χ3v) is 3.53. The van der Waals surface area contributed by atoms with Crippen LogP contribution in [0.2, 0.25) is 15.1 Å². The van der Waals surface area contributed by atoms with E-state index in [2.05, 4.69) is 10.6 Å². The topological polar surface area (TPSA) is 41.1 Å². The van der Waals surface area contributed by atoms with Crippen molar-refractivity contribution in [1.82, 2.24) is 5.32 Å². The molecule has 2 N–H and O–H groups in total. The molecule has 0 aromatic heterocycles. The number of nitrogens with one attached hydrogen (secondary N) is 2. The summed E-state index contributed by atoms with van der Waals surface area (Å²) in [6.07, 6.45) is 3.23. The molecule has 2 aromatic carbocycles. The van der Waals surface area contributed by atoms with Crippen LogP contribution >= 0.6 is 34.8 Å². The minimum absolute atomic E-state index is 0.353. The number of hydrogen-bond donors (Lipinski definition) is 2. The summed E-state index contributed by atoms with van der Waals surface area (Å²) in [5.41, 5.74) is 1.48. The van der Waals surface area contributed by atoms with Crippen molar-refractivity contribution in [2.75, 3.05) is 5.32 Å². The van der Waals surface area contributed by atoms with Crippen LogP contribution in [-0.2, 0) is 0 Å². The van der Waals surface area contributed by atoms with Crippen molar-refractivity contribution in [2.24, 2.45) is 0 Å². The highest BCUT2D eigenvalue weighted by Crippen LogP contribution is 2.22. The van der Waals surface area contributed by atoms with Crippen LogP contribution < -0.4 is 10.6 Å². The number of halogens is 3. The predicted octanol–water partition coefficient (Wildman–Crippen LogP) is 5.44. The van der Waals surface area contributed by atoms with Gasteiger partial charge >= 0.3 is 6.03 Å². The molecule has 0 heterocycles. The second-order valence-corrected chi connectivity index (χ2v) is 5.36. The fraction of sp³-hybridized carbons (Fsp3) is 0. The van der Waals surface area contributed by atoms with Gasteiger partial charge in [0.25, 0.3) is 0 Å². The zero-order chi connectivity index (χ0) is 15.2. The summed E-state index contributed by atoms with van der Waals surface area (Å²) in [6, 6.07) is 11.7. The van der Waals surface area contributed by atoms with Crippen molar-refractivity contribution in [3.8, 4) is 0 Å². The molecule has 2 amide bonds. The molecule has 6 heteroatoms. The molecule has 108 valence electrons. The van der Waals surface area contributed by atoms with Gasteiger partial charge in [0.15, 0.2) is 0 Å². The molecule has 0 unspecified atom stereocenters. The highest BCUT2D eigenvalue weighted by atomic mass is 35.5. The molecule has 0 spiro atoms. The van der Waals surface area contributed by atoms with Crippen molar-refractivity contribution in [1.29, 1.82) is 0 Å². The van der Waals surface area contributed by atoms with E-state index in [0.29, 0.717) is 20.8 Å². The summed E-state index contributed by atoms with van der Waals surface area (Å²) in [7, 11) is 0. The molecule has 0 aliphatic carbocycles. The van der Waals surface area contributed by atoms with Gasteiger partial charge in [-0.25, -0.2) is 4.79 Å². The number of anilines is 1. The number of benzene rings is 2. The van der Waals surface area contributed by atoms with Crippen LogP contribution in [0.4, 0.5) is 10.5 Å². The SMILES string of the molecule is O=C(NC=Cc1ccc(Cl)c(Cl)c1)Nc1ccc(Cl)cc1. The molecule has 0 radical (unpaired) electrons. The van der Waals surface area contributed by atoms with Crippen LogP contribution in [0.15, 0.2) is 48.7 Å². The van der Waals surface area contributed by atoms with E-state index in [9.17, 15) is 4.79 Å². The molecule has 0 bridgehead atoms. The third-order valence-electron chi connectivity index (χ3n) is 2.54. The summed E-state index contributed by atoms with van der Waals surface area (Å²) >= 11 is 17.5. The predicted molar refractivity (Wildman–Crippen MR) is 89.1 cm³/mol. The second kappa shape index (κ2) is 7.36. The van der Waals surface area contributed by atoms with Crippen LogP contribution in [0.1, 0.15) is 5.56 Å². The fourth-order valence-electron chi connectivity index (χ4n) is 1.53. The number of rotatable bonds is 3. The Bertz CT molecular complexity index is 669. The van der Waals surface area contributed by atoms with Gasteiger partial charge in [-0.3, -0.25) is 0 Å². The van der Waals surface area contributed by atoms with Crippen molar-refractivity contribution in [2.45, 2.75) is 0 Å². The van der Waals surface area contributed by atoms with Gasteiger partial charge in [-0.05, 0) is 48.0 Å². The van der Waals surface area contributed by atoms with Crippen LogP contribution in [0, 0.1) is 0 Å². The Morgan fingerprint density at radius 3 is 2.33 bits per heavy atom. The zero-order valence-corrected chi connectivity index (χ0v) is 13.0. The lowest BCUT2D eigenvalue weighted by Gasteiger charge is -2.04. The highest BCUT2D eigenvalue weighted by molar-refractivity contribution is 6.42. The Morgan fingerprint density at radius 2 is 1.67 bits per heavy atom. The van der Waals surface area contributed by atoms with Crippen LogP contribution in [-0.4, -0.2) is 6.03 Å². The van der Waals surface area contributed by atoms with E-state index in [4.69, 9.17) is 34.8 Å². The minimum atomic E-state index is -0.353. The summed E-state index contributed by atoms with van der Waals surface area (Å²) in [5.74, 6) is 0. The van der Waals surface area contributed by atoms with Crippen molar-refractivity contribution in [3.63, 3.8) is 0 Å². The molecule has 2 rings (SSSR count). The molecule has 2 aromatic rings. The summed E-state index contributed by atoms with van der Waals surface area (Å²) in [4.78, 5) is 11.7. The molecule has 0 atom stereocenters. The number of amides is 2. The van der Waals surface area contributed by atoms with Gasteiger partial charge in [-0.1, -0.05) is 40.9 Å². The summed E-state index contributed by atoms with van der Waals surface area (Å²) in [5, 5.41) is 6.82. The van der Waals surface area contributed by atoms with E-state index in [1.54, 1.807) is 48.5 Å². The first kappa shape index (κ1) is 15.7. The van der Waals surface area contributed by atoms with Crippen molar-refractivity contribution >= 4 is 52.6 Å².